The van der Waals surface area contributed by atoms with Crippen LogP contribution in [0.5, 0.6) is 0 Å². The maximum absolute atomic E-state index is 3.76. The smallest absolute Gasteiger partial charge is 0.00988 e. The molecule has 3 saturated heterocycles. The zero-order valence-corrected chi connectivity index (χ0v) is 11.8. The summed E-state index contributed by atoms with van der Waals surface area (Å²) in [5, 5.41) is 7.21. The highest BCUT2D eigenvalue weighted by Crippen LogP contribution is 2.36. The molecular weight excluding hydrogens is 222 g/mol. The molecule has 0 saturated carbocycles. The third-order valence-electron chi connectivity index (χ3n) is 5.52. The molecule has 2 bridgehead atoms. The molecule has 0 spiro atoms. The number of nitrogens with one attached hydrogen (secondary N) is 2. The van der Waals surface area contributed by atoms with Gasteiger partial charge < -0.3 is 15.5 Å². The Labute approximate surface area is 112 Å². The Bertz CT molecular complexity index is 248. The Kier molecular flexibility index (Phi) is 4.22. The summed E-state index contributed by atoms with van der Waals surface area (Å²) in [5.41, 5.74) is 0. The molecule has 0 aromatic heterocycles. The highest BCUT2D eigenvalue weighted by atomic mass is 15.2. The fourth-order valence-electron chi connectivity index (χ4n) is 4.27. The molecule has 3 aliphatic rings. The number of fused-ring (bicyclic) bond motifs is 2. The van der Waals surface area contributed by atoms with Crippen LogP contribution in [-0.2, 0) is 0 Å². The van der Waals surface area contributed by atoms with Gasteiger partial charge in [-0.3, -0.25) is 0 Å². The van der Waals surface area contributed by atoms with E-state index in [1.807, 2.05) is 0 Å². The molecule has 2 unspecified atom stereocenters. The normalized spacial score (nSPS) is 38.2. The molecule has 0 aromatic carbocycles. The zero-order chi connectivity index (χ0) is 12.4. The summed E-state index contributed by atoms with van der Waals surface area (Å²) in [6.07, 6.45) is 8.51. The van der Waals surface area contributed by atoms with Crippen LogP contribution in [-0.4, -0.2) is 50.2 Å². The van der Waals surface area contributed by atoms with Gasteiger partial charge in [-0.1, -0.05) is 0 Å². The summed E-state index contributed by atoms with van der Waals surface area (Å²) in [4.78, 5) is 2.64. The second-order valence-corrected chi connectivity index (χ2v) is 6.74. The van der Waals surface area contributed by atoms with E-state index in [1.165, 1.54) is 64.7 Å². The molecule has 3 heteroatoms. The predicted octanol–water partition coefficient (Wildman–Crippen LogP) is 1.45. The van der Waals surface area contributed by atoms with Crippen molar-refractivity contribution >= 4 is 0 Å². The Morgan fingerprint density at radius 1 is 0.944 bits per heavy atom. The lowest BCUT2D eigenvalue weighted by molar-refractivity contribution is 0.132. The van der Waals surface area contributed by atoms with Gasteiger partial charge in [0.05, 0.1) is 0 Å². The molecule has 3 fully saturated rings. The average molecular weight is 251 g/mol. The van der Waals surface area contributed by atoms with Crippen molar-refractivity contribution in [2.24, 2.45) is 11.8 Å². The fraction of sp³-hybridized carbons (Fsp3) is 1.00. The Morgan fingerprint density at radius 3 is 2.22 bits per heavy atom. The van der Waals surface area contributed by atoms with Crippen molar-refractivity contribution in [1.29, 1.82) is 0 Å². The topological polar surface area (TPSA) is 27.3 Å². The molecule has 3 rings (SSSR count). The molecule has 0 radical (unpaired) electrons. The van der Waals surface area contributed by atoms with E-state index in [1.54, 1.807) is 0 Å². The number of hydrogen-bond acceptors (Lipinski definition) is 3. The second-order valence-electron chi connectivity index (χ2n) is 6.74. The van der Waals surface area contributed by atoms with Gasteiger partial charge in [-0.15, -0.1) is 0 Å². The van der Waals surface area contributed by atoms with Crippen molar-refractivity contribution in [2.75, 3.05) is 33.2 Å². The fourth-order valence-corrected chi connectivity index (χ4v) is 4.27. The minimum atomic E-state index is 0.898. The highest BCUT2D eigenvalue weighted by Gasteiger charge is 2.37. The molecule has 0 amide bonds. The summed E-state index contributed by atoms with van der Waals surface area (Å²) in [7, 11) is 2.33. The van der Waals surface area contributed by atoms with Crippen molar-refractivity contribution in [1.82, 2.24) is 15.5 Å². The van der Waals surface area contributed by atoms with E-state index in [0.717, 1.165) is 23.9 Å². The Hall–Kier alpha value is -0.120. The van der Waals surface area contributed by atoms with Gasteiger partial charge in [-0.05, 0) is 83.6 Å². The van der Waals surface area contributed by atoms with Crippen LogP contribution in [0.4, 0.5) is 0 Å². The molecule has 2 atom stereocenters. The maximum atomic E-state index is 3.76. The van der Waals surface area contributed by atoms with Gasteiger partial charge in [0, 0.05) is 12.1 Å². The summed E-state index contributed by atoms with van der Waals surface area (Å²) < 4.78 is 0. The van der Waals surface area contributed by atoms with Crippen LogP contribution in [0, 0.1) is 11.8 Å². The quantitative estimate of drug-likeness (QED) is 0.792. The lowest BCUT2D eigenvalue weighted by Crippen LogP contribution is -2.43. The first-order valence-electron chi connectivity index (χ1n) is 7.96. The van der Waals surface area contributed by atoms with Gasteiger partial charge in [0.25, 0.3) is 0 Å². The Balaban J connectivity index is 1.36. The van der Waals surface area contributed by atoms with Gasteiger partial charge in [-0.25, -0.2) is 0 Å². The number of hydrogen-bond donors (Lipinski definition) is 2. The second kappa shape index (κ2) is 5.89. The van der Waals surface area contributed by atoms with E-state index in [0.29, 0.717) is 0 Å². The van der Waals surface area contributed by atoms with Crippen molar-refractivity contribution in [3.05, 3.63) is 0 Å². The summed E-state index contributed by atoms with van der Waals surface area (Å²) in [6, 6.07) is 1.80. The maximum Gasteiger partial charge on any atom is 0.00988 e. The third-order valence-corrected chi connectivity index (χ3v) is 5.52. The van der Waals surface area contributed by atoms with Crippen LogP contribution in [0.1, 0.15) is 38.5 Å². The van der Waals surface area contributed by atoms with Crippen molar-refractivity contribution in [3.8, 4) is 0 Å². The monoisotopic (exact) mass is 251 g/mol. The van der Waals surface area contributed by atoms with E-state index in [9.17, 15) is 0 Å². The van der Waals surface area contributed by atoms with Gasteiger partial charge in [0.1, 0.15) is 0 Å². The standard InChI is InChI=1S/C15H29N3/c1-18-14-2-3-15(18)9-13(8-14)11-17-10-12-4-6-16-7-5-12/h12-17H,2-11H2,1H3. The molecule has 0 aliphatic carbocycles. The van der Waals surface area contributed by atoms with Crippen LogP contribution < -0.4 is 10.6 Å². The van der Waals surface area contributed by atoms with Crippen LogP contribution in [0.25, 0.3) is 0 Å². The van der Waals surface area contributed by atoms with Crippen LogP contribution in [0.2, 0.25) is 0 Å². The highest BCUT2D eigenvalue weighted by molar-refractivity contribution is 4.93. The molecule has 3 heterocycles. The molecule has 104 valence electrons. The molecule has 3 aliphatic heterocycles. The minimum Gasteiger partial charge on any atom is -0.317 e. The first-order chi connectivity index (χ1) is 8.83. The number of nitrogens with zero attached hydrogens (tertiary/aromatic N) is 1. The molecule has 2 N–H and O–H groups in total. The van der Waals surface area contributed by atoms with Crippen molar-refractivity contribution < 1.29 is 0 Å². The van der Waals surface area contributed by atoms with E-state index >= 15 is 0 Å². The number of rotatable bonds is 4. The van der Waals surface area contributed by atoms with E-state index in [4.69, 9.17) is 0 Å². The predicted molar refractivity (Wildman–Crippen MR) is 75.8 cm³/mol. The summed E-state index contributed by atoms with van der Waals surface area (Å²) >= 11 is 0. The van der Waals surface area contributed by atoms with Gasteiger partial charge >= 0.3 is 0 Å². The SMILES string of the molecule is CN1C2CCC1CC(CNCC1CCNCC1)C2. The van der Waals surface area contributed by atoms with E-state index < -0.39 is 0 Å². The molecule has 3 nitrogen and oxygen atoms in total. The van der Waals surface area contributed by atoms with E-state index in [2.05, 4.69) is 22.6 Å². The lowest BCUT2D eigenvalue weighted by Gasteiger charge is -2.36. The van der Waals surface area contributed by atoms with E-state index in [-0.39, 0.29) is 0 Å². The van der Waals surface area contributed by atoms with Crippen molar-refractivity contribution in [3.63, 3.8) is 0 Å². The zero-order valence-electron chi connectivity index (χ0n) is 11.8. The van der Waals surface area contributed by atoms with Crippen LogP contribution in [0.3, 0.4) is 0 Å². The third kappa shape index (κ3) is 2.89. The summed E-state index contributed by atoms with van der Waals surface area (Å²) in [6.45, 7) is 4.98. The first-order valence-corrected chi connectivity index (χ1v) is 7.96. The molecule has 0 aromatic rings. The average Bonchev–Trinajstić information content (AvgIpc) is 2.64. The van der Waals surface area contributed by atoms with Gasteiger partial charge in [-0.2, -0.15) is 0 Å². The first kappa shape index (κ1) is 12.9. The Morgan fingerprint density at radius 2 is 1.56 bits per heavy atom. The molecule has 18 heavy (non-hydrogen) atoms. The van der Waals surface area contributed by atoms with Gasteiger partial charge in [0.15, 0.2) is 0 Å². The minimum absolute atomic E-state index is 0.898. The largest absolute Gasteiger partial charge is 0.317 e. The molecular formula is C15H29N3. The van der Waals surface area contributed by atoms with Crippen LogP contribution >= 0.6 is 0 Å². The van der Waals surface area contributed by atoms with Crippen molar-refractivity contribution in [2.45, 2.75) is 50.6 Å². The van der Waals surface area contributed by atoms with Gasteiger partial charge in [0.2, 0.25) is 0 Å². The number of piperidine rings is 2. The lowest BCUT2D eigenvalue weighted by atomic mass is 9.90. The van der Waals surface area contributed by atoms with Crippen LogP contribution in [0.15, 0.2) is 0 Å². The summed E-state index contributed by atoms with van der Waals surface area (Å²) in [5.74, 6) is 1.87.